The maximum absolute atomic E-state index is 15.7. The van der Waals surface area contributed by atoms with E-state index in [-0.39, 0.29) is 29.0 Å². The van der Waals surface area contributed by atoms with Crippen LogP contribution in [-0.4, -0.2) is 63.0 Å². The Kier molecular flexibility index (Phi) is 11.5. The molecular formula is C36H37ClF2N4O5S. The summed E-state index contributed by atoms with van der Waals surface area (Å²) in [6.07, 6.45) is -0.992. The number of carbonyl (C=O) groups is 2. The summed E-state index contributed by atoms with van der Waals surface area (Å²) in [7, 11) is -2.82. The van der Waals surface area contributed by atoms with E-state index in [4.69, 9.17) is 22.1 Å². The Labute approximate surface area is 289 Å². The van der Waals surface area contributed by atoms with Crippen LogP contribution in [0.15, 0.2) is 102 Å². The van der Waals surface area contributed by atoms with Crippen LogP contribution in [0.5, 0.6) is 0 Å². The molecule has 0 bridgehead atoms. The van der Waals surface area contributed by atoms with E-state index < -0.39 is 57.7 Å². The van der Waals surface area contributed by atoms with Gasteiger partial charge in [-0.1, -0.05) is 60.1 Å². The van der Waals surface area contributed by atoms with Gasteiger partial charge in [0.15, 0.2) is 0 Å². The fourth-order valence-corrected chi connectivity index (χ4v) is 8.35. The number of hydrogen-bond acceptors (Lipinski definition) is 7. The fourth-order valence-electron chi connectivity index (χ4n) is 6.36. The lowest BCUT2D eigenvalue weighted by Gasteiger charge is -2.40. The van der Waals surface area contributed by atoms with Crippen molar-refractivity contribution in [3.05, 3.63) is 130 Å². The van der Waals surface area contributed by atoms with Gasteiger partial charge < -0.3 is 15.8 Å². The number of imide groups is 1. The van der Waals surface area contributed by atoms with Crippen molar-refractivity contribution in [2.24, 2.45) is 5.73 Å². The second kappa shape index (κ2) is 15.6. The van der Waals surface area contributed by atoms with Crippen molar-refractivity contribution in [1.29, 1.82) is 0 Å². The first-order valence-corrected chi connectivity index (χ1v) is 17.5. The van der Waals surface area contributed by atoms with Crippen molar-refractivity contribution >= 4 is 39.3 Å². The van der Waals surface area contributed by atoms with Gasteiger partial charge in [0.2, 0.25) is 10.0 Å². The summed E-state index contributed by atoms with van der Waals surface area (Å²) in [6.45, 7) is 2.53. The van der Waals surface area contributed by atoms with Crippen LogP contribution in [0.1, 0.15) is 36.0 Å². The largest absolute Gasteiger partial charge is 0.452 e. The van der Waals surface area contributed by atoms with Crippen molar-refractivity contribution in [3.63, 3.8) is 0 Å². The number of piperazine rings is 1. The molecular weight excluding hydrogens is 674 g/mol. The normalized spacial score (nSPS) is 18.0. The lowest BCUT2D eigenvalue weighted by atomic mass is 9.84. The number of ether oxygens (including phenoxy) is 1. The minimum absolute atomic E-state index is 0.00228. The molecule has 0 radical (unpaired) electrons. The second-order valence-electron chi connectivity index (χ2n) is 11.8. The molecule has 0 aromatic heterocycles. The van der Waals surface area contributed by atoms with Crippen molar-refractivity contribution in [1.82, 2.24) is 9.62 Å². The zero-order valence-corrected chi connectivity index (χ0v) is 28.5. The molecule has 0 spiro atoms. The smallest absolute Gasteiger partial charge is 0.420 e. The number of amides is 2. The third-order valence-electron chi connectivity index (χ3n) is 8.65. The summed E-state index contributed by atoms with van der Waals surface area (Å²) >= 11 is 6.11. The molecule has 1 saturated heterocycles. The molecule has 0 unspecified atom stereocenters. The number of anilines is 1. The zero-order chi connectivity index (χ0) is 35.3. The molecule has 0 aliphatic carbocycles. The first-order chi connectivity index (χ1) is 23.4. The van der Waals surface area contributed by atoms with E-state index in [0.717, 1.165) is 7.11 Å². The summed E-state index contributed by atoms with van der Waals surface area (Å²) in [4.78, 5) is 28.5. The number of hydrogen-bond donors (Lipinski definition) is 2. The summed E-state index contributed by atoms with van der Waals surface area (Å²) in [5, 5.41) is 3.68. The molecule has 1 heterocycles. The van der Waals surface area contributed by atoms with E-state index in [1.54, 1.807) is 55.5 Å². The van der Waals surface area contributed by atoms with Crippen LogP contribution in [-0.2, 0) is 26.0 Å². The Balaban J connectivity index is 1.50. The molecule has 13 heteroatoms. The molecule has 3 N–H and O–H groups in total. The summed E-state index contributed by atoms with van der Waals surface area (Å²) in [5.74, 6) is -3.12. The number of halogens is 3. The third-order valence-corrected chi connectivity index (χ3v) is 11.0. The maximum atomic E-state index is 15.7. The van der Waals surface area contributed by atoms with Crippen molar-refractivity contribution in [3.8, 4) is 0 Å². The highest BCUT2D eigenvalue weighted by molar-refractivity contribution is 7.89. The van der Waals surface area contributed by atoms with E-state index in [1.165, 1.54) is 52.8 Å². The second-order valence-corrected chi connectivity index (χ2v) is 14.1. The first-order valence-electron chi connectivity index (χ1n) is 15.7. The monoisotopic (exact) mass is 710 g/mol. The topological polar surface area (TPSA) is 122 Å². The molecule has 4 atom stereocenters. The third kappa shape index (κ3) is 7.84. The molecule has 4 aromatic carbocycles. The number of methoxy groups -OCH3 is 1. The lowest BCUT2D eigenvalue weighted by molar-refractivity contribution is -0.119. The summed E-state index contributed by atoms with van der Waals surface area (Å²) in [5.41, 5.74) is 7.42. The van der Waals surface area contributed by atoms with Gasteiger partial charge in [0.05, 0.1) is 23.7 Å². The minimum Gasteiger partial charge on any atom is -0.452 e. The van der Waals surface area contributed by atoms with E-state index in [2.05, 4.69) is 5.32 Å². The molecule has 9 nitrogen and oxygen atoms in total. The highest BCUT2D eigenvalue weighted by Crippen LogP contribution is 2.34. The number of nitrogens with one attached hydrogen (secondary N) is 1. The predicted octanol–water partition coefficient (Wildman–Crippen LogP) is 5.86. The number of nitrogens with zero attached hydrogens (tertiary/aromatic N) is 2. The highest BCUT2D eigenvalue weighted by Gasteiger charge is 2.39. The SMILES string of the molecule is COC(=O)N(C(=O)[C@@H](N)[C@@H](c1ccc(Cl)cc1)c1cccc(F)c1)c1cccc(F)c1CC[C@H]1CNC[C@H](C)N1S(=O)(=O)c1ccccc1. The van der Waals surface area contributed by atoms with Gasteiger partial charge in [0.1, 0.15) is 11.6 Å². The molecule has 49 heavy (non-hydrogen) atoms. The lowest BCUT2D eigenvalue weighted by Crippen LogP contribution is -2.58. The molecule has 1 aliphatic heterocycles. The summed E-state index contributed by atoms with van der Waals surface area (Å²) in [6, 6.07) is 21.7. The van der Waals surface area contributed by atoms with Crippen LogP contribution in [0.25, 0.3) is 0 Å². The molecule has 4 aromatic rings. The quantitative estimate of drug-likeness (QED) is 0.212. The van der Waals surface area contributed by atoms with E-state index in [1.807, 2.05) is 0 Å². The van der Waals surface area contributed by atoms with Crippen molar-refractivity contribution < 1.29 is 31.5 Å². The average molecular weight is 711 g/mol. The van der Waals surface area contributed by atoms with Gasteiger partial charge in [-0.2, -0.15) is 4.31 Å². The molecule has 2 amide bonds. The van der Waals surface area contributed by atoms with Gasteiger partial charge in [-0.3, -0.25) is 4.79 Å². The first kappa shape index (κ1) is 36.1. The van der Waals surface area contributed by atoms with Crippen molar-refractivity contribution in [2.75, 3.05) is 25.1 Å². The number of nitrogens with two attached hydrogens (primary N) is 1. The average Bonchev–Trinajstić information content (AvgIpc) is 3.09. The number of rotatable bonds is 10. The number of benzene rings is 4. The highest BCUT2D eigenvalue weighted by atomic mass is 35.5. The predicted molar refractivity (Wildman–Crippen MR) is 184 cm³/mol. The maximum Gasteiger partial charge on any atom is 0.420 e. The molecule has 1 fully saturated rings. The Morgan fingerprint density at radius 2 is 1.67 bits per heavy atom. The molecule has 0 saturated carbocycles. The minimum atomic E-state index is -3.90. The van der Waals surface area contributed by atoms with Crippen molar-refractivity contribution in [2.45, 2.75) is 48.7 Å². The molecule has 1 aliphatic rings. The Hall–Kier alpha value is -4.20. The van der Waals surface area contributed by atoms with Gasteiger partial charge in [-0.15, -0.1) is 0 Å². The number of carbonyl (C=O) groups excluding carboxylic acids is 2. The van der Waals surface area contributed by atoms with Crippen LogP contribution in [0, 0.1) is 11.6 Å². The molecule has 5 rings (SSSR count). The van der Waals surface area contributed by atoms with Gasteiger partial charge >= 0.3 is 6.09 Å². The zero-order valence-electron chi connectivity index (χ0n) is 26.9. The van der Waals surface area contributed by atoms with Gasteiger partial charge in [-0.05, 0) is 79.4 Å². The van der Waals surface area contributed by atoms with Crippen LogP contribution in [0.3, 0.4) is 0 Å². The van der Waals surface area contributed by atoms with E-state index in [9.17, 15) is 22.4 Å². The van der Waals surface area contributed by atoms with Crippen LogP contribution in [0.2, 0.25) is 5.02 Å². The Morgan fingerprint density at radius 1 is 0.980 bits per heavy atom. The standard InChI is InChI=1S/C36H37ClF2N4O5S/c1-23-21-41-22-28(43(23)49(46,47)29-10-4-3-5-11-29)18-19-30-31(39)12-7-13-32(30)42(36(45)48-2)35(44)34(40)33(24-14-16-26(37)17-15-24)25-8-6-9-27(38)20-25/h3-17,20,23,28,33-34,41H,18-19,21-22,40H2,1-2H3/t23-,28-,33-,34-/m0/s1. The molecule has 258 valence electrons. The van der Waals surface area contributed by atoms with Gasteiger partial charge in [0.25, 0.3) is 5.91 Å². The van der Waals surface area contributed by atoms with Crippen LogP contribution < -0.4 is 16.0 Å². The Morgan fingerprint density at radius 3 is 2.35 bits per heavy atom. The van der Waals surface area contributed by atoms with E-state index in [0.29, 0.717) is 34.1 Å². The van der Waals surface area contributed by atoms with Crippen LogP contribution >= 0.6 is 11.6 Å². The number of sulfonamides is 1. The van der Waals surface area contributed by atoms with Crippen LogP contribution in [0.4, 0.5) is 19.3 Å². The fraction of sp³-hybridized carbons (Fsp3) is 0.278. The van der Waals surface area contributed by atoms with Gasteiger partial charge in [0, 0.05) is 41.7 Å². The Bertz CT molecular complexity index is 1900. The van der Waals surface area contributed by atoms with E-state index >= 15 is 4.39 Å². The summed E-state index contributed by atoms with van der Waals surface area (Å²) < 4.78 is 64.1. The van der Waals surface area contributed by atoms with Gasteiger partial charge in [-0.25, -0.2) is 26.9 Å².